The highest BCUT2D eigenvalue weighted by atomic mass is 16.3. The van der Waals surface area contributed by atoms with Crippen LogP contribution in [0.5, 0.6) is 0 Å². The van der Waals surface area contributed by atoms with Crippen LogP contribution in [-0.2, 0) is 0 Å². The molecule has 188 valence electrons. The first-order chi connectivity index (χ1) is 15.7. The van der Waals surface area contributed by atoms with Gasteiger partial charge in [0.15, 0.2) is 0 Å². The second-order valence-corrected chi connectivity index (χ2v) is 12.4. The van der Waals surface area contributed by atoms with E-state index in [2.05, 4.69) is 53.3 Å². The monoisotopic (exact) mass is 456 g/mol. The normalized spacial score (nSPS) is 38.3. The highest BCUT2D eigenvalue weighted by Gasteiger charge is 2.50. The van der Waals surface area contributed by atoms with Crippen LogP contribution in [0.4, 0.5) is 0 Å². The highest BCUT2D eigenvalue weighted by Crippen LogP contribution is 2.60. The van der Waals surface area contributed by atoms with Crippen molar-refractivity contribution in [1.29, 1.82) is 0 Å². The van der Waals surface area contributed by atoms with Gasteiger partial charge in [-0.2, -0.15) is 0 Å². The molecule has 2 N–H and O–H groups in total. The maximum Gasteiger partial charge on any atom is 0.0839 e. The van der Waals surface area contributed by atoms with E-state index in [1.54, 1.807) is 5.57 Å². The average molecular weight is 457 g/mol. The molecule has 3 fully saturated rings. The van der Waals surface area contributed by atoms with Crippen molar-refractivity contribution in [2.24, 2.45) is 35.0 Å². The summed E-state index contributed by atoms with van der Waals surface area (Å²) in [4.78, 5) is 0. The number of aliphatic hydroxyl groups is 2. The predicted octanol–water partition coefficient (Wildman–Crippen LogP) is 8.01. The van der Waals surface area contributed by atoms with Crippen LogP contribution in [0.25, 0.3) is 0 Å². The molecule has 3 saturated carbocycles. The molecule has 3 aliphatic rings. The van der Waals surface area contributed by atoms with E-state index in [1.165, 1.54) is 51.4 Å². The number of hydrogen-bond donors (Lipinski definition) is 2. The number of aliphatic hydroxyl groups excluding tert-OH is 2. The minimum Gasteiger partial charge on any atom is -0.392 e. The van der Waals surface area contributed by atoms with Crippen molar-refractivity contribution in [2.45, 2.75) is 124 Å². The summed E-state index contributed by atoms with van der Waals surface area (Å²) in [7, 11) is 0. The molecule has 7 atom stereocenters. The minimum absolute atomic E-state index is 0.0620. The molecule has 0 aromatic heterocycles. The van der Waals surface area contributed by atoms with Gasteiger partial charge in [0.25, 0.3) is 0 Å². The van der Waals surface area contributed by atoms with E-state index in [-0.39, 0.29) is 5.92 Å². The van der Waals surface area contributed by atoms with Gasteiger partial charge in [-0.1, -0.05) is 91.0 Å². The summed E-state index contributed by atoms with van der Waals surface area (Å²) in [5, 5.41) is 21.5. The number of fused-ring (bicyclic) bond motifs is 1. The Hall–Kier alpha value is -0.860. The van der Waals surface area contributed by atoms with Crippen LogP contribution in [0.3, 0.4) is 0 Å². The Kier molecular flexibility index (Phi) is 9.49. The van der Waals surface area contributed by atoms with Crippen LogP contribution in [0, 0.1) is 35.0 Å². The number of unbranched alkanes of at least 4 members (excludes halogenated alkanes) is 1. The zero-order chi connectivity index (χ0) is 24.2. The third-order valence-electron chi connectivity index (χ3n) is 9.65. The number of rotatable bonds is 9. The SMILES string of the molecule is C=C1/C(=C\C=C2/CCC[C@]3(C)[C@@H]([C@H](C)CCCC(C)C)CC[C@@H]23)C[C@@H](O)[C@@H](CCCC)[C@@H]1O. The molecule has 3 rings (SSSR count). The third-order valence-corrected chi connectivity index (χ3v) is 9.65. The van der Waals surface area contributed by atoms with E-state index in [0.29, 0.717) is 17.8 Å². The Morgan fingerprint density at radius 1 is 1.09 bits per heavy atom. The first kappa shape index (κ1) is 26.7. The second kappa shape index (κ2) is 11.7. The van der Waals surface area contributed by atoms with Gasteiger partial charge >= 0.3 is 0 Å². The fraction of sp³-hybridized carbons (Fsp3) is 0.806. The Labute approximate surface area is 204 Å². The van der Waals surface area contributed by atoms with Crippen LogP contribution < -0.4 is 0 Å². The maximum absolute atomic E-state index is 10.8. The molecule has 3 aliphatic carbocycles. The summed E-state index contributed by atoms with van der Waals surface area (Å²) in [6.07, 6.45) is 17.8. The predicted molar refractivity (Wildman–Crippen MR) is 141 cm³/mol. The Morgan fingerprint density at radius 2 is 1.85 bits per heavy atom. The third kappa shape index (κ3) is 6.04. The van der Waals surface area contributed by atoms with Crippen molar-refractivity contribution in [3.05, 3.63) is 35.5 Å². The highest BCUT2D eigenvalue weighted by molar-refractivity contribution is 5.39. The molecule has 0 radical (unpaired) electrons. The van der Waals surface area contributed by atoms with Crippen molar-refractivity contribution in [3.8, 4) is 0 Å². The summed E-state index contributed by atoms with van der Waals surface area (Å²) in [6.45, 7) is 16.2. The first-order valence-corrected chi connectivity index (χ1v) is 14.1. The van der Waals surface area contributed by atoms with Crippen LogP contribution in [0.15, 0.2) is 35.5 Å². The summed E-state index contributed by atoms with van der Waals surface area (Å²) >= 11 is 0. The van der Waals surface area contributed by atoms with E-state index < -0.39 is 12.2 Å². The van der Waals surface area contributed by atoms with Gasteiger partial charge in [0.1, 0.15) is 0 Å². The van der Waals surface area contributed by atoms with Gasteiger partial charge in [0.05, 0.1) is 12.2 Å². The molecule has 0 saturated heterocycles. The van der Waals surface area contributed by atoms with Crippen molar-refractivity contribution in [3.63, 3.8) is 0 Å². The Balaban J connectivity index is 1.70. The molecule has 0 aromatic rings. The van der Waals surface area contributed by atoms with E-state index in [9.17, 15) is 10.2 Å². The van der Waals surface area contributed by atoms with Gasteiger partial charge in [-0.15, -0.1) is 0 Å². The minimum atomic E-state index is -0.607. The van der Waals surface area contributed by atoms with E-state index >= 15 is 0 Å². The zero-order valence-corrected chi connectivity index (χ0v) is 22.3. The summed E-state index contributed by atoms with van der Waals surface area (Å²) in [5.41, 5.74) is 3.94. The quantitative estimate of drug-likeness (QED) is 0.369. The lowest BCUT2D eigenvalue weighted by atomic mass is 9.60. The molecule has 0 heterocycles. The van der Waals surface area contributed by atoms with Crippen LogP contribution in [-0.4, -0.2) is 22.4 Å². The fourth-order valence-corrected chi connectivity index (χ4v) is 7.60. The lowest BCUT2D eigenvalue weighted by Crippen LogP contribution is -2.38. The fourth-order valence-electron chi connectivity index (χ4n) is 7.60. The summed E-state index contributed by atoms with van der Waals surface area (Å²) in [5.74, 6) is 3.12. The Bertz CT molecular complexity index is 716. The average Bonchev–Trinajstić information content (AvgIpc) is 3.12. The standard InChI is InChI=1S/C31H52O2/c1-7-8-14-26-29(32)20-25(23(5)30(26)33)16-15-24-13-10-19-31(6)27(17-18-28(24)31)22(4)12-9-11-21(2)3/h15-16,21-22,26-30,32-33H,5,7-14,17-20H2,1-4,6H3/b24-15+,25-16-/t22-,26-,27-,28+,29-,30-,31-/m1/s1. The summed E-state index contributed by atoms with van der Waals surface area (Å²) in [6, 6.07) is 0. The summed E-state index contributed by atoms with van der Waals surface area (Å²) < 4.78 is 0. The van der Waals surface area contributed by atoms with Crippen LogP contribution in [0.1, 0.15) is 112 Å². The van der Waals surface area contributed by atoms with Gasteiger partial charge in [-0.05, 0) is 85.2 Å². The smallest absolute Gasteiger partial charge is 0.0839 e. The van der Waals surface area contributed by atoms with Crippen LogP contribution >= 0.6 is 0 Å². The molecule has 0 spiro atoms. The van der Waals surface area contributed by atoms with Gasteiger partial charge in [0, 0.05) is 5.92 Å². The lowest BCUT2D eigenvalue weighted by Gasteiger charge is -2.44. The molecular formula is C31H52O2. The van der Waals surface area contributed by atoms with E-state index in [4.69, 9.17) is 0 Å². The van der Waals surface area contributed by atoms with Crippen molar-refractivity contribution >= 4 is 0 Å². The molecule has 2 heteroatoms. The number of allylic oxidation sites excluding steroid dienone is 3. The van der Waals surface area contributed by atoms with Gasteiger partial charge in [-0.3, -0.25) is 0 Å². The zero-order valence-electron chi connectivity index (χ0n) is 22.3. The molecule has 0 bridgehead atoms. The molecule has 0 amide bonds. The molecule has 2 nitrogen and oxygen atoms in total. The first-order valence-electron chi connectivity index (χ1n) is 14.1. The largest absolute Gasteiger partial charge is 0.392 e. The molecule has 0 unspecified atom stereocenters. The number of hydrogen-bond acceptors (Lipinski definition) is 2. The Morgan fingerprint density at radius 3 is 2.55 bits per heavy atom. The molecule has 0 aliphatic heterocycles. The maximum atomic E-state index is 10.8. The second-order valence-electron chi connectivity index (χ2n) is 12.4. The van der Waals surface area contributed by atoms with Gasteiger partial charge in [-0.25, -0.2) is 0 Å². The van der Waals surface area contributed by atoms with Crippen LogP contribution in [0.2, 0.25) is 0 Å². The van der Waals surface area contributed by atoms with E-state index in [0.717, 1.165) is 48.2 Å². The topological polar surface area (TPSA) is 40.5 Å². The molecular weight excluding hydrogens is 404 g/mol. The van der Waals surface area contributed by atoms with Crippen molar-refractivity contribution in [1.82, 2.24) is 0 Å². The van der Waals surface area contributed by atoms with Crippen molar-refractivity contribution < 1.29 is 10.2 Å². The van der Waals surface area contributed by atoms with Gasteiger partial charge < -0.3 is 10.2 Å². The molecule has 0 aromatic carbocycles. The van der Waals surface area contributed by atoms with Gasteiger partial charge in [0.2, 0.25) is 0 Å². The lowest BCUT2D eigenvalue weighted by molar-refractivity contribution is 0.0131. The van der Waals surface area contributed by atoms with Crippen molar-refractivity contribution in [2.75, 3.05) is 0 Å². The molecule has 33 heavy (non-hydrogen) atoms. The van der Waals surface area contributed by atoms with E-state index in [1.807, 2.05) is 0 Å².